The Morgan fingerprint density at radius 1 is 1.50 bits per heavy atom. The molecule has 84 valence electrons. The maximum Gasteiger partial charge on any atom is 0.335 e. The minimum Gasteiger partial charge on any atom is -0.467 e. The molecule has 0 aliphatic heterocycles. The van der Waals surface area contributed by atoms with E-state index in [0.29, 0.717) is 5.56 Å². The molecule has 0 saturated carbocycles. The minimum atomic E-state index is -1.50. The third-order valence-electron chi connectivity index (χ3n) is 2.06. The smallest absolute Gasteiger partial charge is 0.335 e. The van der Waals surface area contributed by atoms with Gasteiger partial charge in [0.25, 0.3) is 0 Å². The number of benzene rings is 1. The summed E-state index contributed by atoms with van der Waals surface area (Å²) in [6.45, 7) is 0. The van der Waals surface area contributed by atoms with E-state index < -0.39 is 18.1 Å². The average molecular weight is 221 g/mol. The summed E-state index contributed by atoms with van der Waals surface area (Å²) >= 11 is 0. The molecule has 2 atom stereocenters. The first kappa shape index (κ1) is 12.0. The fraction of sp³-hybridized carbons (Fsp3) is 0.300. The van der Waals surface area contributed by atoms with Crippen molar-refractivity contribution in [2.24, 2.45) is 5.11 Å². The quantitative estimate of drug-likeness (QED) is 0.361. The molecule has 1 aromatic rings. The highest BCUT2D eigenvalue weighted by Crippen LogP contribution is 2.22. The lowest BCUT2D eigenvalue weighted by molar-refractivity contribution is -0.151. The summed E-state index contributed by atoms with van der Waals surface area (Å²) in [4.78, 5) is 13.8. The first-order valence-electron chi connectivity index (χ1n) is 4.55. The molecule has 1 aromatic carbocycles. The number of hydrogen-bond acceptors (Lipinski definition) is 4. The summed E-state index contributed by atoms with van der Waals surface area (Å²) in [5.41, 5.74) is 8.95. The fourth-order valence-corrected chi connectivity index (χ4v) is 1.27. The predicted octanol–water partition coefficient (Wildman–Crippen LogP) is 1.57. The van der Waals surface area contributed by atoms with Crippen LogP contribution >= 0.6 is 0 Å². The largest absolute Gasteiger partial charge is 0.467 e. The monoisotopic (exact) mass is 221 g/mol. The number of azide groups is 1. The Morgan fingerprint density at radius 3 is 2.62 bits per heavy atom. The lowest BCUT2D eigenvalue weighted by Gasteiger charge is -2.16. The summed E-state index contributed by atoms with van der Waals surface area (Å²) in [7, 11) is 1.16. The van der Waals surface area contributed by atoms with Crippen LogP contribution in [0.3, 0.4) is 0 Å². The van der Waals surface area contributed by atoms with E-state index in [9.17, 15) is 9.90 Å². The number of carbonyl (C=O) groups excluding carboxylic acids is 1. The van der Waals surface area contributed by atoms with Crippen LogP contribution in [0.25, 0.3) is 10.4 Å². The van der Waals surface area contributed by atoms with Gasteiger partial charge in [-0.2, -0.15) is 0 Å². The molecule has 0 aliphatic carbocycles. The third kappa shape index (κ3) is 2.73. The normalized spacial score (nSPS) is 13.4. The van der Waals surface area contributed by atoms with Gasteiger partial charge in [-0.05, 0) is 11.1 Å². The molecule has 6 heteroatoms. The van der Waals surface area contributed by atoms with Gasteiger partial charge in [-0.3, -0.25) is 0 Å². The number of aliphatic hydroxyl groups excluding tert-OH is 1. The lowest BCUT2D eigenvalue weighted by Crippen LogP contribution is -2.27. The molecule has 16 heavy (non-hydrogen) atoms. The van der Waals surface area contributed by atoms with E-state index in [1.54, 1.807) is 30.3 Å². The van der Waals surface area contributed by atoms with Crippen LogP contribution < -0.4 is 0 Å². The van der Waals surface area contributed by atoms with Crippen molar-refractivity contribution < 1.29 is 14.6 Å². The first-order chi connectivity index (χ1) is 7.70. The van der Waals surface area contributed by atoms with Gasteiger partial charge < -0.3 is 9.84 Å². The Bertz CT molecular complexity index is 401. The Hall–Kier alpha value is -2.04. The number of rotatable bonds is 4. The van der Waals surface area contributed by atoms with E-state index in [0.717, 1.165) is 7.11 Å². The minimum absolute atomic E-state index is 0.554. The topological polar surface area (TPSA) is 95.3 Å². The van der Waals surface area contributed by atoms with Crippen LogP contribution in [0.5, 0.6) is 0 Å². The summed E-state index contributed by atoms with van der Waals surface area (Å²) in [6, 6.07) is 7.56. The molecular weight excluding hydrogens is 210 g/mol. The van der Waals surface area contributed by atoms with E-state index >= 15 is 0 Å². The molecule has 0 radical (unpaired) electrons. The van der Waals surface area contributed by atoms with Crippen molar-refractivity contribution >= 4 is 5.97 Å². The summed E-state index contributed by atoms with van der Waals surface area (Å²) < 4.78 is 4.39. The van der Waals surface area contributed by atoms with Crippen molar-refractivity contribution in [2.45, 2.75) is 12.1 Å². The lowest BCUT2D eigenvalue weighted by atomic mass is 10.0. The van der Waals surface area contributed by atoms with E-state index in [1.807, 2.05) is 0 Å². The molecule has 0 bridgehead atoms. The zero-order chi connectivity index (χ0) is 12.0. The van der Waals surface area contributed by atoms with E-state index in [2.05, 4.69) is 14.8 Å². The maximum atomic E-state index is 11.1. The van der Waals surface area contributed by atoms with Crippen LogP contribution in [0.15, 0.2) is 35.4 Å². The van der Waals surface area contributed by atoms with Crippen LogP contribution in [0.4, 0.5) is 0 Å². The first-order valence-corrected chi connectivity index (χ1v) is 4.55. The van der Waals surface area contributed by atoms with Crippen LogP contribution in [0.1, 0.15) is 11.6 Å². The third-order valence-corrected chi connectivity index (χ3v) is 2.06. The zero-order valence-electron chi connectivity index (χ0n) is 8.65. The summed E-state index contributed by atoms with van der Waals surface area (Å²) in [5, 5.41) is 13.0. The highest BCUT2D eigenvalue weighted by molar-refractivity contribution is 5.75. The molecular formula is C10H11N3O3. The highest BCUT2D eigenvalue weighted by atomic mass is 16.5. The van der Waals surface area contributed by atoms with Crippen molar-refractivity contribution in [2.75, 3.05) is 7.11 Å². The molecule has 0 spiro atoms. The van der Waals surface area contributed by atoms with Crippen LogP contribution in [-0.4, -0.2) is 24.3 Å². The number of ether oxygens (including phenoxy) is 1. The molecule has 0 aliphatic rings. The summed E-state index contributed by atoms with van der Waals surface area (Å²) in [6.07, 6.45) is -1.50. The Kier molecular flexibility index (Phi) is 4.32. The second-order valence-corrected chi connectivity index (χ2v) is 3.03. The fourth-order valence-electron chi connectivity index (χ4n) is 1.27. The highest BCUT2D eigenvalue weighted by Gasteiger charge is 2.27. The number of nitrogens with zero attached hydrogens (tertiary/aromatic N) is 3. The molecule has 0 unspecified atom stereocenters. The van der Waals surface area contributed by atoms with Gasteiger partial charge in [-0.15, -0.1) is 0 Å². The Morgan fingerprint density at radius 2 is 2.12 bits per heavy atom. The number of aliphatic hydroxyl groups is 1. The van der Waals surface area contributed by atoms with Crippen LogP contribution in [0.2, 0.25) is 0 Å². The van der Waals surface area contributed by atoms with Crippen molar-refractivity contribution in [1.29, 1.82) is 0 Å². The maximum absolute atomic E-state index is 11.1. The van der Waals surface area contributed by atoms with E-state index in [-0.39, 0.29) is 0 Å². The van der Waals surface area contributed by atoms with Gasteiger partial charge in [0.15, 0.2) is 6.10 Å². The van der Waals surface area contributed by atoms with Gasteiger partial charge in [0.2, 0.25) is 0 Å². The van der Waals surface area contributed by atoms with Gasteiger partial charge in [-0.25, -0.2) is 4.79 Å². The number of methoxy groups -OCH3 is 1. The predicted molar refractivity (Wildman–Crippen MR) is 56.4 cm³/mol. The van der Waals surface area contributed by atoms with E-state index in [1.165, 1.54) is 0 Å². The van der Waals surface area contributed by atoms with Gasteiger partial charge in [0, 0.05) is 4.91 Å². The molecule has 0 heterocycles. The molecule has 6 nitrogen and oxygen atoms in total. The van der Waals surface area contributed by atoms with Gasteiger partial charge >= 0.3 is 5.97 Å². The van der Waals surface area contributed by atoms with Gasteiger partial charge in [0.1, 0.15) is 0 Å². The van der Waals surface area contributed by atoms with Gasteiger partial charge in [-0.1, -0.05) is 35.4 Å². The molecule has 0 aromatic heterocycles. The van der Waals surface area contributed by atoms with Gasteiger partial charge in [0.05, 0.1) is 13.2 Å². The SMILES string of the molecule is COC(=O)[C@@H](O)[C@@H](N=[N+]=[N-])c1ccccc1. The second kappa shape index (κ2) is 5.75. The van der Waals surface area contributed by atoms with Crippen LogP contribution in [0, 0.1) is 0 Å². The molecule has 1 N–H and O–H groups in total. The van der Waals surface area contributed by atoms with Crippen molar-refractivity contribution in [3.8, 4) is 0 Å². The Labute approximate surface area is 92.1 Å². The molecule has 0 amide bonds. The zero-order valence-corrected chi connectivity index (χ0v) is 8.65. The standard InChI is InChI=1S/C10H11N3O3/c1-16-10(15)9(14)8(12-13-11)7-5-3-2-4-6-7/h2-6,8-9,14H,1H3/t8-,9-/m0/s1. The van der Waals surface area contributed by atoms with Crippen molar-refractivity contribution in [3.05, 3.63) is 46.3 Å². The van der Waals surface area contributed by atoms with Crippen molar-refractivity contribution in [3.63, 3.8) is 0 Å². The molecule has 1 rings (SSSR count). The van der Waals surface area contributed by atoms with Crippen molar-refractivity contribution in [1.82, 2.24) is 0 Å². The second-order valence-electron chi connectivity index (χ2n) is 3.03. The van der Waals surface area contributed by atoms with Crippen LogP contribution in [-0.2, 0) is 9.53 Å². The number of carbonyl (C=O) groups is 1. The average Bonchev–Trinajstić information content (AvgIpc) is 2.35. The Balaban J connectivity index is 3.00. The molecule has 0 saturated heterocycles. The number of esters is 1. The summed E-state index contributed by atoms with van der Waals surface area (Å²) in [5.74, 6) is -0.832. The number of hydrogen-bond donors (Lipinski definition) is 1. The van der Waals surface area contributed by atoms with E-state index in [4.69, 9.17) is 5.53 Å². The molecule has 0 fully saturated rings.